The summed E-state index contributed by atoms with van der Waals surface area (Å²) in [6.07, 6.45) is 1.89. The Morgan fingerprint density at radius 1 is 1.16 bits per heavy atom. The summed E-state index contributed by atoms with van der Waals surface area (Å²) >= 11 is 0. The Bertz CT molecular complexity index is 828. The van der Waals surface area contributed by atoms with Gasteiger partial charge in [-0.2, -0.15) is 0 Å². The van der Waals surface area contributed by atoms with Crippen molar-refractivity contribution in [2.45, 2.75) is 27.0 Å². The van der Waals surface area contributed by atoms with Crippen LogP contribution < -0.4 is 10.1 Å². The van der Waals surface area contributed by atoms with Crippen molar-refractivity contribution >= 4 is 5.69 Å². The molecule has 2 aromatic carbocycles. The molecule has 5 nitrogen and oxygen atoms in total. The fraction of sp³-hybridized carbons (Fsp3) is 0.250. The third kappa shape index (κ3) is 3.83. The average molecular weight is 337 g/mol. The Morgan fingerprint density at radius 2 is 1.96 bits per heavy atom. The van der Waals surface area contributed by atoms with Crippen molar-refractivity contribution in [3.05, 3.63) is 71.8 Å². The lowest BCUT2D eigenvalue weighted by atomic mass is 10.2. The van der Waals surface area contributed by atoms with Gasteiger partial charge in [0.2, 0.25) is 0 Å². The van der Waals surface area contributed by atoms with Crippen LogP contribution in [-0.4, -0.2) is 21.3 Å². The lowest BCUT2D eigenvalue weighted by Crippen LogP contribution is -2.08. The predicted molar refractivity (Wildman–Crippen MR) is 99.2 cm³/mol. The Labute approximate surface area is 147 Å². The van der Waals surface area contributed by atoms with E-state index in [-0.39, 0.29) is 6.61 Å². The largest absolute Gasteiger partial charge is 0.494 e. The van der Waals surface area contributed by atoms with E-state index in [1.165, 1.54) is 0 Å². The van der Waals surface area contributed by atoms with Gasteiger partial charge in [-0.3, -0.25) is 4.57 Å². The predicted octanol–water partition coefficient (Wildman–Crippen LogP) is 3.68. The number of para-hydroxylation sites is 1. The highest BCUT2D eigenvalue weighted by molar-refractivity contribution is 5.51. The van der Waals surface area contributed by atoms with Gasteiger partial charge in [-0.25, -0.2) is 4.98 Å². The van der Waals surface area contributed by atoms with Gasteiger partial charge in [0.1, 0.15) is 11.6 Å². The van der Waals surface area contributed by atoms with E-state index in [1.807, 2.05) is 56.4 Å². The van der Waals surface area contributed by atoms with Crippen LogP contribution in [0.25, 0.3) is 5.69 Å². The van der Waals surface area contributed by atoms with Gasteiger partial charge >= 0.3 is 0 Å². The van der Waals surface area contributed by atoms with E-state index in [9.17, 15) is 5.11 Å². The maximum atomic E-state index is 9.53. The number of nitrogens with one attached hydrogen (secondary N) is 1. The molecule has 130 valence electrons. The van der Waals surface area contributed by atoms with Gasteiger partial charge in [0.25, 0.3) is 0 Å². The smallest absolute Gasteiger partial charge is 0.124 e. The van der Waals surface area contributed by atoms with Crippen LogP contribution in [-0.2, 0) is 13.2 Å². The molecule has 0 aliphatic heterocycles. The minimum absolute atomic E-state index is 0.0497. The van der Waals surface area contributed by atoms with Crippen LogP contribution in [0.2, 0.25) is 0 Å². The molecular formula is C20H23N3O2. The van der Waals surface area contributed by atoms with E-state index in [1.54, 1.807) is 0 Å². The summed E-state index contributed by atoms with van der Waals surface area (Å²) in [7, 11) is 0. The molecule has 3 aromatic rings. The average Bonchev–Trinajstić information content (AvgIpc) is 3.02. The lowest BCUT2D eigenvalue weighted by Gasteiger charge is -2.14. The van der Waals surface area contributed by atoms with Crippen molar-refractivity contribution in [3.8, 4) is 11.4 Å². The highest BCUT2D eigenvalue weighted by Crippen LogP contribution is 2.24. The first-order chi connectivity index (χ1) is 12.2. The monoisotopic (exact) mass is 337 g/mol. The molecule has 0 atom stereocenters. The lowest BCUT2D eigenvalue weighted by molar-refractivity contribution is 0.267. The molecule has 0 aliphatic carbocycles. The third-order valence-corrected chi connectivity index (χ3v) is 4.03. The molecule has 1 aromatic heterocycles. The van der Waals surface area contributed by atoms with E-state index < -0.39 is 0 Å². The summed E-state index contributed by atoms with van der Waals surface area (Å²) in [5.74, 6) is 1.67. The number of aliphatic hydroxyl groups excluding tert-OH is 1. The summed E-state index contributed by atoms with van der Waals surface area (Å²) in [4.78, 5) is 4.44. The number of aryl methyl sites for hydroxylation is 1. The highest BCUT2D eigenvalue weighted by Gasteiger charge is 2.09. The van der Waals surface area contributed by atoms with Crippen LogP contribution in [0.5, 0.6) is 5.75 Å². The second-order valence-corrected chi connectivity index (χ2v) is 5.73. The first-order valence-electron chi connectivity index (χ1n) is 8.42. The number of aromatic nitrogens is 2. The van der Waals surface area contributed by atoms with Crippen LogP contribution in [0.3, 0.4) is 0 Å². The van der Waals surface area contributed by atoms with Crippen molar-refractivity contribution in [1.82, 2.24) is 9.55 Å². The molecule has 3 rings (SSSR count). The zero-order chi connectivity index (χ0) is 17.6. The summed E-state index contributed by atoms with van der Waals surface area (Å²) in [5.41, 5.74) is 3.88. The van der Waals surface area contributed by atoms with Crippen LogP contribution in [0.1, 0.15) is 24.0 Å². The molecule has 0 bridgehead atoms. The van der Waals surface area contributed by atoms with Crippen molar-refractivity contribution in [2.24, 2.45) is 0 Å². The number of imidazole rings is 1. The summed E-state index contributed by atoms with van der Waals surface area (Å²) in [6, 6.07) is 15.9. The van der Waals surface area contributed by atoms with Crippen LogP contribution in [0.4, 0.5) is 5.69 Å². The first kappa shape index (κ1) is 17.0. The van der Waals surface area contributed by atoms with E-state index in [4.69, 9.17) is 4.74 Å². The summed E-state index contributed by atoms with van der Waals surface area (Å²) in [6.45, 7) is 5.09. The molecule has 0 radical (unpaired) electrons. The number of rotatable bonds is 7. The molecule has 0 fully saturated rings. The van der Waals surface area contributed by atoms with E-state index in [0.717, 1.165) is 34.2 Å². The number of aliphatic hydroxyl groups is 1. The zero-order valence-electron chi connectivity index (χ0n) is 14.6. The van der Waals surface area contributed by atoms with Gasteiger partial charge < -0.3 is 15.2 Å². The molecule has 0 amide bonds. The molecule has 0 aliphatic rings. The summed E-state index contributed by atoms with van der Waals surface area (Å²) < 4.78 is 7.66. The molecule has 0 spiro atoms. The number of hydrogen-bond donors (Lipinski definition) is 2. The number of anilines is 1. The number of benzene rings is 2. The van der Waals surface area contributed by atoms with Crippen molar-refractivity contribution in [3.63, 3.8) is 0 Å². The van der Waals surface area contributed by atoms with Crippen molar-refractivity contribution < 1.29 is 9.84 Å². The fourth-order valence-corrected chi connectivity index (χ4v) is 2.85. The van der Waals surface area contributed by atoms with Gasteiger partial charge in [0, 0.05) is 16.9 Å². The van der Waals surface area contributed by atoms with Gasteiger partial charge in [0.05, 0.1) is 31.6 Å². The Kier molecular flexibility index (Phi) is 5.36. The molecule has 0 saturated carbocycles. The minimum atomic E-state index is -0.0497. The molecule has 5 heteroatoms. The first-order valence-corrected chi connectivity index (χ1v) is 8.42. The molecule has 2 N–H and O–H groups in total. The second kappa shape index (κ2) is 7.85. The Hall–Kier alpha value is -2.79. The van der Waals surface area contributed by atoms with Crippen molar-refractivity contribution in [2.75, 3.05) is 11.9 Å². The quantitative estimate of drug-likeness (QED) is 0.690. The highest BCUT2D eigenvalue weighted by atomic mass is 16.5. The summed E-state index contributed by atoms with van der Waals surface area (Å²) in [5, 5.41) is 12.9. The maximum Gasteiger partial charge on any atom is 0.124 e. The van der Waals surface area contributed by atoms with Crippen LogP contribution in [0.15, 0.2) is 54.7 Å². The zero-order valence-corrected chi connectivity index (χ0v) is 14.6. The van der Waals surface area contributed by atoms with Gasteiger partial charge in [-0.05, 0) is 44.2 Å². The Balaban J connectivity index is 1.79. The molecule has 0 saturated heterocycles. The van der Waals surface area contributed by atoms with Crippen molar-refractivity contribution in [1.29, 1.82) is 0 Å². The molecule has 0 unspecified atom stereocenters. The minimum Gasteiger partial charge on any atom is -0.494 e. The second-order valence-electron chi connectivity index (χ2n) is 5.73. The Morgan fingerprint density at radius 3 is 2.68 bits per heavy atom. The van der Waals surface area contributed by atoms with E-state index in [0.29, 0.717) is 13.2 Å². The molecule has 1 heterocycles. The number of ether oxygens (including phenoxy) is 1. The topological polar surface area (TPSA) is 59.3 Å². The van der Waals surface area contributed by atoms with Gasteiger partial charge in [-0.15, -0.1) is 0 Å². The standard InChI is InChI=1S/C20H23N3O2/c1-3-25-20-10-9-17(11-16(20)14-24)22-13-19-12-21-15(2)23(19)18-7-5-4-6-8-18/h4-12,22,24H,3,13-14H2,1-2H3. The van der Waals surface area contributed by atoms with Crippen LogP contribution >= 0.6 is 0 Å². The SMILES string of the molecule is CCOc1ccc(NCc2cnc(C)n2-c2ccccc2)cc1CO. The van der Waals surface area contributed by atoms with E-state index in [2.05, 4.69) is 27.0 Å². The number of hydrogen-bond acceptors (Lipinski definition) is 4. The molecule has 25 heavy (non-hydrogen) atoms. The number of nitrogens with zero attached hydrogens (tertiary/aromatic N) is 2. The van der Waals surface area contributed by atoms with Gasteiger partial charge in [0.15, 0.2) is 0 Å². The van der Waals surface area contributed by atoms with Crippen LogP contribution in [0, 0.1) is 6.92 Å². The third-order valence-electron chi connectivity index (χ3n) is 4.03. The maximum absolute atomic E-state index is 9.53. The van der Waals surface area contributed by atoms with Gasteiger partial charge in [-0.1, -0.05) is 18.2 Å². The molecular weight excluding hydrogens is 314 g/mol. The normalized spacial score (nSPS) is 10.7. The van der Waals surface area contributed by atoms with E-state index >= 15 is 0 Å². The fourth-order valence-electron chi connectivity index (χ4n) is 2.85.